The van der Waals surface area contributed by atoms with Gasteiger partial charge in [-0.2, -0.15) is 0 Å². The SMILES string of the molecule is C=C(O)c1ccc(-c2cc(C(N)=O)c(Nc3cccc(COCc4ncco4)n3)s2)c(F)c1. The third-order valence-corrected chi connectivity index (χ3v) is 5.66. The molecule has 0 saturated heterocycles. The number of anilines is 2. The van der Waals surface area contributed by atoms with Crippen LogP contribution in [0.2, 0.25) is 0 Å². The second-order valence-corrected chi connectivity index (χ2v) is 7.97. The fourth-order valence-corrected chi connectivity index (χ4v) is 4.10. The molecule has 4 rings (SSSR count). The van der Waals surface area contributed by atoms with Crippen molar-refractivity contribution in [3.8, 4) is 10.4 Å². The summed E-state index contributed by atoms with van der Waals surface area (Å²) < 4.78 is 25.3. The van der Waals surface area contributed by atoms with Gasteiger partial charge in [-0.05, 0) is 30.3 Å². The molecule has 0 aliphatic heterocycles. The van der Waals surface area contributed by atoms with Crippen LogP contribution < -0.4 is 11.1 Å². The molecular weight excluding hydrogens is 447 g/mol. The predicted molar refractivity (Wildman–Crippen MR) is 122 cm³/mol. The van der Waals surface area contributed by atoms with E-state index in [2.05, 4.69) is 21.9 Å². The zero-order chi connectivity index (χ0) is 23.4. The number of rotatable bonds is 9. The number of nitrogens with two attached hydrogens (primary N) is 1. The van der Waals surface area contributed by atoms with Crippen molar-refractivity contribution >= 4 is 33.8 Å². The highest BCUT2D eigenvalue weighted by Gasteiger charge is 2.18. The quantitative estimate of drug-likeness (QED) is 0.296. The number of carbonyl (C=O) groups is 1. The summed E-state index contributed by atoms with van der Waals surface area (Å²) in [5.41, 5.74) is 6.93. The molecule has 0 saturated carbocycles. The smallest absolute Gasteiger partial charge is 0.251 e. The zero-order valence-corrected chi connectivity index (χ0v) is 18.1. The maximum Gasteiger partial charge on any atom is 0.251 e. The molecule has 3 aromatic heterocycles. The highest BCUT2D eigenvalue weighted by molar-refractivity contribution is 7.19. The number of hydrogen-bond donors (Lipinski definition) is 3. The lowest BCUT2D eigenvalue weighted by Gasteiger charge is -2.07. The molecule has 4 N–H and O–H groups in total. The van der Waals surface area contributed by atoms with E-state index in [1.54, 1.807) is 24.3 Å². The Bertz CT molecular complexity index is 1300. The van der Waals surface area contributed by atoms with Crippen LogP contribution in [0, 0.1) is 5.82 Å². The molecule has 3 heterocycles. The van der Waals surface area contributed by atoms with E-state index in [9.17, 15) is 14.3 Å². The summed E-state index contributed by atoms with van der Waals surface area (Å²) in [5.74, 6) is -0.524. The monoisotopic (exact) mass is 466 g/mol. The van der Waals surface area contributed by atoms with Gasteiger partial charge in [-0.15, -0.1) is 11.3 Å². The normalized spacial score (nSPS) is 10.8. The third-order valence-electron chi connectivity index (χ3n) is 4.57. The lowest BCUT2D eigenvalue weighted by atomic mass is 10.1. The van der Waals surface area contributed by atoms with Crippen molar-refractivity contribution < 1.29 is 23.4 Å². The number of hydrogen-bond acceptors (Lipinski definition) is 8. The Balaban J connectivity index is 1.54. The number of halogens is 1. The number of oxazole rings is 1. The molecule has 1 aromatic carbocycles. The van der Waals surface area contributed by atoms with E-state index in [4.69, 9.17) is 14.9 Å². The molecule has 8 nitrogen and oxygen atoms in total. The van der Waals surface area contributed by atoms with E-state index in [1.807, 2.05) is 0 Å². The first-order chi connectivity index (χ1) is 15.9. The van der Waals surface area contributed by atoms with Crippen molar-refractivity contribution in [2.45, 2.75) is 13.2 Å². The van der Waals surface area contributed by atoms with Gasteiger partial charge in [0.2, 0.25) is 5.89 Å². The molecule has 0 bridgehead atoms. The minimum absolute atomic E-state index is 0.206. The summed E-state index contributed by atoms with van der Waals surface area (Å²) in [6, 6.07) is 11.1. The van der Waals surface area contributed by atoms with Gasteiger partial charge in [0.25, 0.3) is 5.91 Å². The molecule has 0 fully saturated rings. The molecule has 4 aromatic rings. The Morgan fingerprint density at radius 2 is 2.12 bits per heavy atom. The first-order valence-corrected chi connectivity index (χ1v) is 10.5. The summed E-state index contributed by atoms with van der Waals surface area (Å²) >= 11 is 1.16. The van der Waals surface area contributed by atoms with Crippen LogP contribution in [0.4, 0.5) is 15.2 Å². The van der Waals surface area contributed by atoms with Crippen LogP contribution in [0.1, 0.15) is 27.5 Å². The van der Waals surface area contributed by atoms with Gasteiger partial charge in [-0.1, -0.05) is 18.7 Å². The average Bonchev–Trinajstić information content (AvgIpc) is 3.44. The van der Waals surface area contributed by atoms with E-state index in [0.29, 0.717) is 27.3 Å². The highest BCUT2D eigenvalue weighted by Crippen LogP contribution is 2.38. The second-order valence-electron chi connectivity index (χ2n) is 6.92. The molecule has 1 amide bonds. The molecule has 0 spiro atoms. The number of aliphatic hydroxyl groups excluding tert-OH is 1. The number of aliphatic hydroxyl groups is 1. The van der Waals surface area contributed by atoms with E-state index >= 15 is 0 Å². The molecule has 0 radical (unpaired) electrons. The average molecular weight is 466 g/mol. The molecule has 0 aliphatic carbocycles. The maximum atomic E-state index is 14.6. The van der Waals surface area contributed by atoms with Gasteiger partial charge in [-0.3, -0.25) is 4.79 Å². The van der Waals surface area contributed by atoms with Crippen LogP contribution in [0.3, 0.4) is 0 Å². The van der Waals surface area contributed by atoms with Crippen molar-refractivity contribution in [1.29, 1.82) is 0 Å². The summed E-state index contributed by atoms with van der Waals surface area (Å²) in [5, 5.41) is 13.0. The lowest BCUT2D eigenvalue weighted by Crippen LogP contribution is -2.11. The van der Waals surface area contributed by atoms with Gasteiger partial charge < -0.3 is 25.3 Å². The van der Waals surface area contributed by atoms with Crippen molar-refractivity contribution in [3.05, 3.63) is 90.0 Å². The molecule has 0 aliphatic rings. The van der Waals surface area contributed by atoms with Gasteiger partial charge in [0.15, 0.2) is 0 Å². The fourth-order valence-electron chi connectivity index (χ4n) is 3.01. The van der Waals surface area contributed by atoms with Crippen LogP contribution in [-0.2, 0) is 18.0 Å². The van der Waals surface area contributed by atoms with E-state index in [-0.39, 0.29) is 35.7 Å². The van der Waals surface area contributed by atoms with Gasteiger partial charge in [0.05, 0.1) is 24.1 Å². The molecule has 0 unspecified atom stereocenters. The number of carbonyl (C=O) groups excluding carboxylic acids is 1. The standard InChI is InChI=1S/C23H19FN4O4S/c1-13(29)14-5-6-16(18(24)9-14)19-10-17(22(25)30)23(33-19)28-20-4-2-3-15(27-20)11-31-12-21-26-7-8-32-21/h2-10,29H,1,11-12H2,(H2,25,30)(H,27,28). The molecule has 10 heteroatoms. The summed E-state index contributed by atoms with van der Waals surface area (Å²) in [6.07, 6.45) is 3.01. The topological polar surface area (TPSA) is 124 Å². The number of primary amides is 1. The molecule has 33 heavy (non-hydrogen) atoms. The van der Waals surface area contributed by atoms with Crippen LogP contribution in [-0.4, -0.2) is 21.0 Å². The molecule has 0 atom stereocenters. The Labute approximate surface area is 192 Å². The van der Waals surface area contributed by atoms with E-state index < -0.39 is 11.7 Å². The van der Waals surface area contributed by atoms with Crippen molar-refractivity contribution in [3.63, 3.8) is 0 Å². The number of thiophene rings is 1. The molecule has 168 valence electrons. The largest absolute Gasteiger partial charge is 0.508 e. The Kier molecular flexibility index (Phi) is 6.48. The number of ether oxygens (including phenoxy) is 1. The number of nitrogens with one attached hydrogen (secondary N) is 1. The van der Waals surface area contributed by atoms with Crippen LogP contribution in [0.25, 0.3) is 16.2 Å². The van der Waals surface area contributed by atoms with Crippen LogP contribution in [0.15, 0.2) is 65.9 Å². The highest BCUT2D eigenvalue weighted by atomic mass is 32.1. The predicted octanol–water partition coefficient (Wildman–Crippen LogP) is 5.03. The number of pyridine rings is 1. The fraction of sp³-hybridized carbons (Fsp3) is 0.0870. The van der Waals surface area contributed by atoms with Crippen molar-refractivity contribution in [2.24, 2.45) is 5.73 Å². The van der Waals surface area contributed by atoms with Crippen LogP contribution >= 0.6 is 11.3 Å². The summed E-state index contributed by atoms with van der Waals surface area (Å²) in [7, 11) is 0. The van der Waals surface area contributed by atoms with Gasteiger partial charge in [0, 0.05) is 16.0 Å². The maximum absolute atomic E-state index is 14.6. The van der Waals surface area contributed by atoms with Gasteiger partial charge >= 0.3 is 0 Å². The number of aromatic nitrogens is 2. The minimum Gasteiger partial charge on any atom is -0.508 e. The second kappa shape index (κ2) is 9.63. The molecular formula is C23H19FN4O4S. The van der Waals surface area contributed by atoms with Crippen molar-refractivity contribution in [1.82, 2.24) is 9.97 Å². The van der Waals surface area contributed by atoms with Crippen molar-refractivity contribution in [2.75, 3.05) is 5.32 Å². The zero-order valence-electron chi connectivity index (χ0n) is 17.2. The third kappa shape index (κ3) is 5.25. The van der Waals surface area contributed by atoms with Crippen LogP contribution in [0.5, 0.6) is 0 Å². The Morgan fingerprint density at radius 3 is 2.82 bits per heavy atom. The van der Waals surface area contributed by atoms with E-state index in [1.165, 1.54) is 30.7 Å². The number of benzene rings is 1. The first kappa shape index (κ1) is 22.2. The van der Waals surface area contributed by atoms with Gasteiger partial charge in [0.1, 0.15) is 35.3 Å². The Hall–Kier alpha value is -4.02. The number of amides is 1. The minimum atomic E-state index is -0.661. The first-order valence-electron chi connectivity index (χ1n) is 9.71. The number of nitrogens with zero attached hydrogens (tertiary/aromatic N) is 2. The van der Waals surface area contributed by atoms with Gasteiger partial charge in [-0.25, -0.2) is 14.4 Å². The Morgan fingerprint density at radius 1 is 1.27 bits per heavy atom. The summed E-state index contributed by atoms with van der Waals surface area (Å²) in [6.45, 7) is 3.83. The lowest BCUT2D eigenvalue weighted by molar-refractivity contribution is 0.0873. The van der Waals surface area contributed by atoms with E-state index in [0.717, 1.165) is 11.3 Å². The summed E-state index contributed by atoms with van der Waals surface area (Å²) in [4.78, 5) is 20.9.